The number of ether oxygens (including phenoxy) is 1. The van der Waals surface area contributed by atoms with Gasteiger partial charge in [0.15, 0.2) is 0 Å². The quantitative estimate of drug-likeness (QED) is 0.828. The molecule has 1 saturated heterocycles. The van der Waals surface area contributed by atoms with Crippen LogP contribution in [0.3, 0.4) is 0 Å². The molecule has 0 aromatic heterocycles. The molecule has 1 aliphatic carbocycles. The Morgan fingerprint density at radius 1 is 1.05 bits per heavy atom. The zero-order valence-corrected chi connectivity index (χ0v) is 12.0. The number of carbonyl (C=O) groups excluding carboxylic acids is 1. The van der Waals surface area contributed by atoms with E-state index in [2.05, 4.69) is 5.32 Å². The molecule has 1 aliphatic heterocycles. The molecule has 5 heteroatoms. The molecule has 1 heterocycles. The van der Waals surface area contributed by atoms with Crippen LogP contribution in [0.5, 0.6) is 0 Å². The maximum absolute atomic E-state index is 12.0. The summed E-state index contributed by atoms with van der Waals surface area (Å²) in [5.41, 5.74) is 0. The second-order valence-electron chi connectivity index (χ2n) is 5.95. The minimum Gasteiger partial charge on any atom is -0.481 e. The molecule has 0 radical (unpaired) electrons. The number of aliphatic carboxylic acids is 1. The van der Waals surface area contributed by atoms with Gasteiger partial charge >= 0.3 is 5.97 Å². The summed E-state index contributed by atoms with van der Waals surface area (Å²) in [5, 5.41) is 12.3. The van der Waals surface area contributed by atoms with Crippen molar-refractivity contribution >= 4 is 11.9 Å². The fourth-order valence-electron chi connectivity index (χ4n) is 3.23. The number of hydrogen-bond acceptors (Lipinski definition) is 3. The molecule has 1 saturated carbocycles. The van der Waals surface area contributed by atoms with E-state index in [1.165, 1.54) is 0 Å². The number of carbonyl (C=O) groups is 2. The van der Waals surface area contributed by atoms with Crippen LogP contribution in [0, 0.1) is 5.92 Å². The Bertz CT molecular complexity index is 339. The van der Waals surface area contributed by atoms with Crippen molar-refractivity contribution < 1.29 is 19.4 Å². The lowest BCUT2D eigenvalue weighted by Gasteiger charge is -2.27. The average Bonchev–Trinajstić information content (AvgIpc) is 2.85. The highest BCUT2D eigenvalue weighted by molar-refractivity contribution is 5.78. The Hall–Kier alpha value is -1.10. The molecule has 0 bridgehead atoms. The van der Waals surface area contributed by atoms with Crippen molar-refractivity contribution in [1.82, 2.24) is 5.32 Å². The Balaban J connectivity index is 1.88. The predicted molar refractivity (Wildman–Crippen MR) is 74.3 cm³/mol. The lowest BCUT2D eigenvalue weighted by molar-refractivity contribution is -0.143. The SMILES string of the molecule is O=C(CC1CCCO1)NC1CCCCCCC1C(=O)O. The molecule has 114 valence electrons. The van der Waals surface area contributed by atoms with Gasteiger partial charge in [-0.1, -0.05) is 25.7 Å². The Kier molecular flexibility index (Phi) is 5.83. The molecule has 3 unspecified atom stereocenters. The Morgan fingerprint density at radius 2 is 1.80 bits per heavy atom. The van der Waals surface area contributed by atoms with Crippen LogP contribution in [0.2, 0.25) is 0 Å². The molecule has 2 aliphatic rings. The van der Waals surface area contributed by atoms with Gasteiger partial charge in [0.25, 0.3) is 0 Å². The van der Waals surface area contributed by atoms with Crippen LogP contribution in [-0.4, -0.2) is 35.7 Å². The van der Waals surface area contributed by atoms with Crippen LogP contribution >= 0.6 is 0 Å². The second kappa shape index (κ2) is 7.62. The largest absolute Gasteiger partial charge is 0.481 e. The standard InChI is InChI=1S/C15H25NO4/c17-14(10-11-6-5-9-20-11)16-13-8-4-2-1-3-7-12(13)15(18)19/h11-13H,1-10H2,(H,16,17)(H,18,19). The summed E-state index contributed by atoms with van der Waals surface area (Å²) in [7, 11) is 0. The van der Waals surface area contributed by atoms with Gasteiger partial charge in [-0.05, 0) is 25.7 Å². The van der Waals surface area contributed by atoms with Gasteiger partial charge in [-0.2, -0.15) is 0 Å². The van der Waals surface area contributed by atoms with E-state index in [0.29, 0.717) is 12.8 Å². The molecule has 2 N–H and O–H groups in total. The zero-order chi connectivity index (χ0) is 14.4. The third kappa shape index (κ3) is 4.47. The fourth-order valence-corrected chi connectivity index (χ4v) is 3.23. The highest BCUT2D eigenvalue weighted by Crippen LogP contribution is 2.24. The highest BCUT2D eigenvalue weighted by atomic mass is 16.5. The third-order valence-electron chi connectivity index (χ3n) is 4.37. The lowest BCUT2D eigenvalue weighted by atomic mass is 9.86. The first kappa shape index (κ1) is 15.3. The highest BCUT2D eigenvalue weighted by Gasteiger charge is 2.30. The topological polar surface area (TPSA) is 75.6 Å². The van der Waals surface area contributed by atoms with Crippen LogP contribution in [0.15, 0.2) is 0 Å². The van der Waals surface area contributed by atoms with Crippen molar-refractivity contribution in [3.63, 3.8) is 0 Å². The zero-order valence-electron chi connectivity index (χ0n) is 12.0. The normalized spacial score (nSPS) is 31.3. The van der Waals surface area contributed by atoms with Gasteiger partial charge in [0.05, 0.1) is 18.4 Å². The Labute approximate surface area is 120 Å². The first-order valence-corrected chi connectivity index (χ1v) is 7.80. The molecule has 5 nitrogen and oxygen atoms in total. The first-order chi connectivity index (χ1) is 9.66. The fraction of sp³-hybridized carbons (Fsp3) is 0.867. The molecular weight excluding hydrogens is 258 g/mol. The average molecular weight is 283 g/mol. The summed E-state index contributed by atoms with van der Waals surface area (Å²) >= 11 is 0. The molecule has 1 amide bonds. The van der Waals surface area contributed by atoms with E-state index in [-0.39, 0.29) is 18.1 Å². The van der Waals surface area contributed by atoms with E-state index in [1.54, 1.807) is 0 Å². The molecule has 2 fully saturated rings. The van der Waals surface area contributed by atoms with Crippen LogP contribution in [-0.2, 0) is 14.3 Å². The number of amides is 1. The smallest absolute Gasteiger partial charge is 0.308 e. The van der Waals surface area contributed by atoms with Crippen molar-refractivity contribution in [1.29, 1.82) is 0 Å². The monoisotopic (exact) mass is 283 g/mol. The summed E-state index contributed by atoms with van der Waals surface area (Å²) in [6.45, 7) is 0.735. The minimum atomic E-state index is -0.783. The van der Waals surface area contributed by atoms with Crippen molar-refractivity contribution in [3.05, 3.63) is 0 Å². The lowest BCUT2D eigenvalue weighted by Crippen LogP contribution is -2.44. The first-order valence-electron chi connectivity index (χ1n) is 7.80. The second-order valence-corrected chi connectivity index (χ2v) is 5.95. The van der Waals surface area contributed by atoms with E-state index < -0.39 is 11.9 Å². The van der Waals surface area contributed by atoms with E-state index >= 15 is 0 Å². The van der Waals surface area contributed by atoms with Gasteiger partial charge in [0.2, 0.25) is 5.91 Å². The summed E-state index contributed by atoms with van der Waals surface area (Å²) < 4.78 is 5.45. The number of nitrogens with one attached hydrogen (secondary N) is 1. The van der Waals surface area contributed by atoms with E-state index in [4.69, 9.17) is 4.74 Å². The van der Waals surface area contributed by atoms with Crippen LogP contribution in [0.4, 0.5) is 0 Å². The van der Waals surface area contributed by atoms with Crippen LogP contribution in [0.25, 0.3) is 0 Å². The Morgan fingerprint density at radius 3 is 2.45 bits per heavy atom. The molecule has 0 spiro atoms. The van der Waals surface area contributed by atoms with Gasteiger partial charge < -0.3 is 15.2 Å². The molecule has 3 atom stereocenters. The van der Waals surface area contributed by atoms with Crippen molar-refractivity contribution in [3.8, 4) is 0 Å². The van der Waals surface area contributed by atoms with E-state index in [0.717, 1.165) is 51.6 Å². The van der Waals surface area contributed by atoms with Crippen LogP contribution < -0.4 is 5.32 Å². The van der Waals surface area contributed by atoms with Gasteiger partial charge in [-0.25, -0.2) is 0 Å². The third-order valence-corrected chi connectivity index (χ3v) is 4.37. The summed E-state index contributed by atoms with van der Waals surface area (Å²) in [4.78, 5) is 23.4. The minimum absolute atomic E-state index is 0.0202. The number of carboxylic acids is 1. The molecule has 20 heavy (non-hydrogen) atoms. The van der Waals surface area contributed by atoms with Crippen molar-refractivity contribution in [2.45, 2.75) is 69.9 Å². The number of hydrogen-bond donors (Lipinski definition) is 2. The van der Waals surface area contributed by atoms with E-state index in [1.807, 2.05) is 0 Å². The maximum atomic E-state index is 12.0. The number of carboxylic acid groups (broad SMARTS) is 1. The molecule has 0 aromatic carbocycles. The van der Waals surface area contributed by atoms with Gasteiger partial charge in [0, 0.05) is 12.6 Å². The van der Waals surface area contributed by atoms with Gasteiger partial charge in [-0.3, -0.25) is 9.59 Å². The maximum Gasteiger partial charge on any atom is 0.308 e. The van der Waals surface area contributed by atoms with Gasteiger partial charge in [0.1, 0.15) is 0 Å². The van der Waals surface area contributed by atoms with E-state index in [9.17, 15) is 14.7 Å². The molecular formula is C15H25NO4. The summed E-state index contributed by atoms with van der Waals surface area (Å²) in [6.07, 6.45) is 7.93. The summed E-state index contributed by atoms with van der Waals surface area (Å²) in [5.74, 6) is -1.29. The predicted octanol–water partition coefficient (Wildman–Crippen LogP) is 2.10. The molecule has 0 aromatic rings. The summed E-state index contributed by atoms with van der Waals surface area (Å²) in [6, 6.07) is -0.221. The van der Waals surface area contributed by atoms with Crippen molar-refractivity contribution in [2.24, 2.45) is 5.92 Å². The van der Waals surface area contributed by atoms with Gasteiger partial charge in [-0.15, -0.1) is 0 Å². The number of rotatable bonds is 4. The molecule has 2 rings (SSSR count). The van der Waals surface area contributed by atoms with Crippen molar-refractivity contribution in [2.75, 3.05) is 6.61 Å². The van der Waals surface area contributed by atoms with Crippen LogP contribution in [0.1, 0.15) is 57.8 Å².